The van der Waals surface area contributed by atoms with Crippen molar-refractivity contribution in [1.82, 2.24) is 10.3 Å². The summed E-state index contributed by atoms with van der Waals surface area (Å²) in [5.41, 5.74) is 3.07. The normalized spacial score (nSPS) is 12.0. The zero-order valence-corrected chi connectivity index (χ0v) is 12.3. The number of hydrogen-bond acceptors (Lipinski definition) is 4. The summed E-state index contributed by atoms with van der Waals surface area (Å²) in [6.45, 7) is 2.06. The number of aryl methyl sites for hydroxylation is 1. The van der Waals surface area contributed by atoms with Gasteiger partial charge in [0.1, 0.15) is 17.2 Å². The van der Waals surface area contributed by atoms with Crippen LogP contribution in [0.15, 0.2) is 36.5 Å². The van der Waals surface area contributed by atoms with E-state index >= 15 is 0 Å². The molecule has 0 radical (unpaired) electrons. The highest BCUT2D eigenvalue weighted by Gasteiger charge is 2.21. The quantitative estimate of drug-likeness (QED) is 0.909. The lowest BCUT2D eigenvalue weighted by molar-refractivity contribution is 0.392. The molecular weight excluding hydrogens is 252 g/mol. The van der Waals surface area contributed by atoms with Gasteiger partial charge in [-0.2, -0.15) is 0 Å². The van der Waals surface area contributed by atoms with E-state index in [4.69, 9.17) is 9.47 Å². The highest BCUT2D eigenvalue weighted by molar-refractivity contribution is 5.45. The van der Waals surface area contributed by atoms with Gasteiger partial charge in [-0.05, 0) is 32.2 Å². The average Bonchev–Trinajstić information content (AvgIpc) is 2.49. The number of nitrogens with one attached hydrogen (secondary N) is 1. The largest absolute Gasteiger partial charge is 0.496 e. The molecule has 0 bridgehead atoms. The second-order valence-electron chi connectivity index (χ2n) is 4.56. The first-order chi connectivity index (χ1) is 9.71. The van der Waals surface area contributed by atoms with E-state index < -0.39 is 0 Å². The lowest BCUT2D eigenvalue weighted by Crippen LogP contribution is -2.20. The molecule has 0 aliphatic heterocycles. The van der Waals surface area contributed by atoms with Crippen LogP contribution in [0.4, 0.5) is 0 Å². The van der Waals surface area contributed by atoms with Gasteiger partial charge in [0.15, 0.2) is 0 Å². The van der Waals surface area contributed by atoms with Crippen molar-refractivity contribution in [2.75, 3.05) is 21.3 Å². The van der Waals surface area contributed by atoms with Crippen LogP contribution in [0.5, 0.6) is 11.5 Å². The lowest BCUT2D eigenvalue weighted by atomic mass is 9.99. The molecule has 0 fully saturated rings. The Morgan fingerprint density at radius 1 is 1.10 bits per heavy atom. The highest BCUT2D eigenvalue weighted by atomic mass is 16.5. The van der Waals surface area contributed by atoms with Crippen molar-refractivity contribution < 1.29 is 9.47 Å². The number of nitrogens with zero attached hydrogens (tertiary/aromatic N) is 1. The molecule has 1 N–H and O–H groups in total. The van der Waals surface area contributed by atoms with Crippen LogP contribution < -0.4 is 14.8 Å². The lowest BCUT2D eigenvalue weighted by Gasteiger charge is -2.21. The van der Waals surface area contributed by atoms with E-state index in [1.54, 1.807) is 20.4 Å². The Balaban J connectivity index is 2.55. The second kappa shape index (κ2) is 6.39. The van der Waals surface area contributed by atoms with Gasteiger partial charge < -0.3 is 14.8 Å². The molecule has 2 rings (SSSR count). The minimum atomic E-state index is -0.0824. The first-order valence-electron chi connectivity index (χ1n) is 6.52. The maximum Gasteiger partial charge on any atom is 0.142 e. The third kappa shape index (κ3) is 2.75. The molecule has 1 atom stereocenters. The molecule has 4 nitrogen and oxygen atoms in total. The number of benzene rings is 1. The molecule has 1 aromatic carbocycles. The summed E-state index contributed by atoms with van der Waals surface area (Å²) in [6, 6.07) is 9.81. The van der Waals surface area contributed by atoms with Crippen LogP contribution in [0.2, 0.25) is 0 Å². The second-order valence-corrected chi connectivity index (χ2v) is 4.56. The van der Waals surface area contributed by atoms with Gasteiger partial charge in [-0.25, -0.2) is 0 Å². The number of hydrogen-bond donors (Lipinski definition) is 1. The van der Waals surface area contributed by atoms with E-state index in [0.29, 0.717) is 0 Å². The van der Waals surface area contributed by atoms with Crippen molar-refractivity contribution in [3.8, 4) is 11.5 Å². The van der Waals surface area contributed by atoms with Crippen LogP contribution in [0.25, 0.3) is 0 Å². The van der Waals surface area contributed by atoms with Crippen molar-refractivity contribution in [2.24, 2.45) is 0 Å². The number of pyridine rings is 1. The van der Waals surface area contributed by atoms with E-state index in [1.807, 2.05) is 31.3 Å². The maximum absolute atomic E-state index is 5.47. The van der Waals surface area contributed by atoms with Crippen LogP contribution in [-0.2, 0) is 0 Å². The van der Waals surface area contributed by atoms with Crippen LogP contribution in [-0.4, -0.2) is 26.3 Å². The molecule has 1 aromatic heterocycles. The van der Waals surface area contributed by atoms with E-state index in [0.717, 1.165) is 22.8 Å². The zero-order chi connectivity index (χ0) is 14.5. The summed E-state index contributed by atoms with van der Waals surface area (Å²) in [5.74, 6) is 1.60. The van der Waals surface area contributed by atoms with Gasteiger partial charge in [-0.1, -0.05) is 17.7 Å². The Bertz CT molecular complexity index is 584. The smallest absolute Gasteiger partial charge is 0.142 e. The monoisotopic (exact) mass is 272 g/mol. The highest BCUT2D eigenvalue weighted by Crippen LogP contribution is 2.33. The summed E-state index contributed by atoms with van der Waals surface area (Å²) in [7, 11) is 5.23. The van der Waals surface area contributed by atoms with E-state index in [1.165, 1.54) is 5.56 Å². The van der Waals surface area contributed by atoms with Gasteiger partial charge in [0.2, 0.25) is 0 Å². The summed E-state index contributed by atoms with van der Waals surface area (Å²) in [5, 5.41) is 3.29. The SMILES string of the molecule is CNC(c1cc(C)ccc1OC)c1ncccc1OC. The first-order valence-corrected chi connectivity index (χ1v) is 6.52. The predicted octanol–water partition coefficient (Wildman–Crippen LogP) is 2.72. The van der Waals surface area contributed by atoms with Crippen molar-refractivity contribution in [3.05, 3.63) is 53.3 Å². The van der Waals surface area contributed by atoms with Crippen molar-refractivity contribution in [2.45, 2.75) is 13.0 Å². The Hall–Kier alpha value is -2.07. The summed E-state index contributed by atoms with van der Waals surface area (Å²) in [6.07, 6.45) is 1.77. The fourth-order valence-electron chi connectivity index (χ4n) is 2.31. The molecule has 106 valence electrons. The molecule has 0 amide bonds. The van der Waals surface area contributed by atoms with Crippen LogP contribution in [0.1, 0.15) is 22.9 Å². The summed E-state index contributed by atoms with van der Waals surface area (Å²) in [4.78, 5) is 4.46. The van der Waals surface area contributed by atoms with Crippen molar-refractivity contribution in [3.63, 3.8) is 0 Å². The Kier molecular flexibility index (Phi) is 4.58. The Morgan fingerprint density at radius 3 is 2.50 bits per heavy atom. The molecule has 0 saturated heterocycles. The third-order valence-electron chi connectivity index (χ3n) is 3.28. The van der Waals surface area contributed by atoms with E-state index in [-0.39, 0.29) is 6.04 Å². The molecule has 0 aliphatic carbocycles. The van der Waals surface area contributed by atoms with Gasteiger partial charge in [0, 0.05) is 11.8 Å². The van der Waals surface area contributed by atoms with Crippen molar-refractivity contribution in [1.29, 1.82) is 0 Å². The Morgan fingerprint density at radius 2 is 1.85 bits per heavy atom. The van der Waals surface area contributed by atoms with E-state index in [9.17, 15) is 0 Å². The number of rotatable bonds is 5. The Labute approximate surface area is 119 Å². The van der Waals surface area contributed by atoms with Crippen molar-refractivity contribution >= 4 is 0 Å². The average molecular weight is 272 g/mol. The molecule has 0 spiro atoms. The molecule has 0 saturated carbocycles. The standard InChI is InChI=1S/C16H20N2O2/c1-11-7-8-13(19-3)12(10-11)15(17-2)16-14(20-4)6-5-9-18-16/h5-10,15,17H,1-4H3. The third-order valence-corrected chi connectivity index (χ3v) is 3.28. The van der Waals surface area contributed by atoms with Crippen LogP contribution in [0.3, 0.4) is 0 Å². The zero-order valence-electron chi connectivity index (χ0n) is 12.3. The van der Waals surface area contributed by atoms with Crippen LogP contribution in [0, 0.1) is 6.92 Å². The fraction of sp³-hybridized carbons (Fsp3) is 0.312. The fourth-order valence-corrected chi connectivity index (χ4v) is 2.31. The summed E-state index contributed by atoms with van der Waals surface area (Å²) < 4.78 is 10.9. The maximum atomic E-state index is 5.47. The van der Waals surface area contributed by atoms with E-state index in [2.05, 4.69) is 23.3 Å². The topological polar surface area (TPSA) is 43.4 Å². The van der Waals surface area contributed by atoms with Gasteiger partial charge in [0.25, 0.3) is 0 Å². The number of aromatic nitrogens is 1. The molecule has 0 aliphatic rings. The molecular formula is C16H20N2O2. The molecule has 1 heterocycles. The minimum absolute atomic E-state index is 0.0824. The predicted molar refractivity (Wildman–Crippen MR) is 79.4 cm³/mol. The van der Waals surface area contributed by atoms with Gasteiger partial charge in [-0.15, -0.1) is 0 Å². The molecule has 2 aromatic rings. The summed E-state index contributed by atoms with van der Waals surface area (Å²) >= 11 is 0. The molecule has 4 heteroatoms. The first kappa shape index (κ1) is 14.3. The van der Waals surface area contributed by atoms with Gasteiger partial charge in [0.05, 0.1) is 20.3 Å². The van der Waals surface area contributed by atoms with Gasteiger partial charge >= 0.3 is 0 Å². The molecule has 20 heavy (non-hydrogen) atoms. The molecule has 1 unspecified atom stereocenters. The van der Waals surface area contributed by atoms with Gasteiger partial charge in [-0.3, -0.25) is 4.98 Å². The number of ether oxygens (including phenoxy) is 2. The minimum Gasteiger partial charge on any atom is -0.496 e. The van der Waals surface area contributed by atoms with Crippen LogP contribution >= 0.6 is 0 Å². The number of methoxy groups -OCH3 is 2.